The first-order valence-electron chi connectivity index (χ1n) is 18.9. The molecule has 1 saturated heterocycles. The molecule has 10 nitrogen and oxygen atoms in total. The molecule has 0 spiro atoms. The number of ketones is 1. The Morgan fingerprint density at radius 1 is 0.946 bits per heavy atom. The molecule has 0 bridgehead atoms. The summed E-state index contributed by atoms with van der Waals surface area (Å²) in [6, 6.07) is 15.4. The first-order chi connectivity index (χ1) is 26.9. The van der Waals surface area contributed by atoms with E-state index < -0.39 is 35.7 Å². The third-order valence-corrected chi connectivity index (χ3v) is 12.1. The summed E-state index contributed by atoms with van der Waals surface area (Å²) in [6.07, 6.45) is -1.09. The lowest BCUT2D eigenvalue weighted by atomic mass is 9.94. The van der Waals surface area contributed by atoms with Crippen LogP contribution in [0.1, 0.15) is 72.4 Å². The van der Waals surface area contributed by atoms with Crippen LogP contribution in [-0.2, 0) is 35.3 Å². The number of carboxylic acid groups (broad SMARTS) is 1. The molecule has 0 amide bonds. The summed E-state index contributed by atoms with van der Waals surface area (Å²) in [7, 11) is 2.90. The minimum Gasteiger partial charge on any atom is -0.481 e. The number of nitrogens with zero attached hydrogens (tertiary/aromatic N) is 3. The molecule has 4 aromatic rings. The third kappa shape index (κ3) is 7.44. The highest BCUT2D eigenvalue weighted by atomic mass is 35.5. The lowest BCUT2D eigenvalue weighted by Gasteiger charge is -2.26. The van der Waals surface area contributed by atoms with Gasteiger partial charge in [-0.2, -0.15) is 18.2 Å². The van der Waals surface area contributed by atoms with Crippen molar-refractivity contribution < 1.29 is 42.1 Å². The number of benzene rings is 2. The number of carboxylic acids is 1. The summed E-state index contributed by atoms with van der Waals surface area (Å²) >= 11 is 7.13. The summed E-state index contributed by atoms with van der Waals surface area (Å²) in [4.78, 5) is 34.3. The summed E-state index contributed by atoms with van der Waals surface area (Å²) in [5, 5.41) is 13.6. The highest BCUT2D eigenvalue weighted by Crippen LogP contribution is 2.50. The molecule has 2 N–H and O–H groups in total. The first kappa shape index (κ1) is 38.2. The zero-order valence-corrected chi connectivity index (χ0v) is 31.8. The summed E-state index contributed by atoms with van der Waals surface area (Å²) in [5.41, 5.74) is 4.56. The third-order valence-electron chi connectivity index (χ3n) is 11.7. The maximum absolute atomic E-state index is 14.6. The molecular formula is C42H42ClF3N4O6. The Labute approximate surface area is 327 Å². The number of carbonyl (C=O) groups excluding carboxylic acids is 1. The Morgan fingerprint density at radius 3 is 2.43 bits per heavy atom. The van der Waals surface area contributed by atoms with Crippen LogP contribution in [0.2, 0.25) is 5.02 Å². The minimum atomic E-state index is -4.79. The van der Waals surface area contributed by atoms with Gasteiger partial charge in [0.05, 0.1) is 24.9 Å². The fraction of sp³-hybridized carbons (Fsp3) is 0.429. The molecule has 4 aliphatic rings. The largest absolute Gasteiger partial charge is 0.481 e. The van der Waals surface area contributed by atoms with Crippen LogP contribution in [0.3, 0.4) is 0 Å². The second kappa shape index (κ2) is 15.3. The van der Waals surface area contributed by atoms with Crippen molar-refractivity contribution in [2.45, 2.75) is 82.4 Å². The number of pyridine rings is 2. The van der Waals surface area contributed by atoms with Crippen LogP contribution in [-0.4, -0.2) is 64.6 Å². The van der Waals surface area contributed by atoms with Crippen LogP contribution in [0.15, 0.2) is 54.6 Å². The Kier molecular flexibility index (Phi) is 10.4. The van der Waals surface area contributed by atoms with Crippen molar-refractivity contribution in [1.29, 1.82) is 0 Å². The van der Waals surface area contributed by atoms with E-state index in [0.29, 0.717) is 72.5 Å². The Balaban J connectivity index is 1.04. The summed E-state index contributed by atoms with van der Waals surface area (Å²) < 4.78 is 61.1. The van der Waals surface area contributed by atoms with E-state index in [9.17, 15) is 27.9 Å². The molecule has 0 radical (unpaired) electrons. The van der Waals surface area contributed by atoms with Gasteiger partial charge in [-0.05, 0) is 79.3 Å². The van der Waals surface area contributed by atoms with Gasteiger partial charge in [0.25, 0.3) is 0 Å². The molecule has 3 fully saturated rings. The number of ether oxygens (including phenoxy) is 3. The van der Waals surface area contributed by atoms with Crippen LogP contribution in [0.4, 0.5) is 13.2 Å². The number of rotatable bonds is 13. The Bertz CT molecular complexity index is 2180. The highest BCUT2D eigenvalue weighted by Gasteiger charge is 2.54. The van der Waals surface area contributed by atoms with Gasteiger partial charge in [-0.25, -0.2) is 4.98 Å². The topological polar surface area (TPSA) is 123 Å². The lowest BCUT2D eigenvalue weighted by Crippen LogP contribution is -2.38. The van der Waals surface area contributed by atoms with Gasteiger partial charge in [-0.3, -0.25) is 14.5 Å². The van der Waals surface area contributed by atoms with E-state index in [4.69, 9.17) is 30.8 Å². The number of halogens is 4. The van der Waals surface area contributed by atoms with Crippen molar-refractivity contribution in [2.24, 2.45) is 11.8 Å². The predicted octanol–water partition coefficient (Wildman–Crippen LogP) is 8.07. The molecule has 2 aromatic carbocycles. The van der Waals surface area contributed by atoms with Crippen molar-refractivity contribution in [1.82, 2.24) is 20.2 Å². The Morgan fingerprint density at radius 2 is 1.70 bits per heavy atom. The smallest absolute Gasteiger partial charge is 0.421 e. The van der Waals surface area contributed by atoms with Crippen molar-refractivity contribution in [3.8, 4) is 40.0 Å². The van der Waals surface area contributed by atoms with Gasteiger partial charge in [0.1, 0.15) is 23.5 Å². The van der Waals surface area contributed by atoms with E-state index in [1.54, 1.807) is 12.0 Å². The van der Waals surface area contributed by atoms with Crippen LogP contribution in [0, 0.1) is 11.8 Å². The van der Waals surface area contributed by atoms with Gasteiger partial charge in [0, 0.05) is 54.2 Å². The van der Waals surface area contributed by atoms with Crippen molar-refractivity contribution in [3.63, 3.8) is 0 Å². The Hall–Kier alpha value is -4.72. The van der Waals surface area contributed by atoms with Crippen LogP contribution >= 0.6 is 11.6 Å². The molecule has 14 heteroatoms. The molecule has 294 valence electrons. The van der Waals surface area contributed by atoms with Crippen LogP contribution in [0.25, 0.3) is 22.4 Å². The number of hydrogen-bond acceptors (Lipinski definition) is 9. The van der Waals surface area contributed by atoms with Crippen LogP contribution < -0.4 is 19.5 Å². The molecule has 56 heavy (non-hydrogen) atoms. The number of nitrogens with one attached hydrogen (secondary N) is 1. The molecule has 3 aliphatic carbocycles. The number of fused-ring (bicyclic) bond motifs is 2. The van der Waals surface area contributed by atoms with Gasteiger partial charge < -0.3 is 24.6 Å². The average Bonchev–Trinajstić information content (AvgIpc) is 3.42. The SMILES string of the molecule is COc1nc(-c2cccc(-c3cccc4c3CC[C@@H]4Oc3nc(OC)c(CN4[C@H](C(=O)O)C[C@@H]5C[C@@H]54)cc3C(F)(F)F)c2Cl)ccc1CNC[C@@H]1CCC(=O)C1. The number of methoxy groups -OCH3 is 2. The number of piperidine rings is 1. The second-order valence-corrected chi connectivity index (χ2v) is 15.5. The molecule has 0 unspecified atom stereocenters. The monoisotopic (exact) mass is 790 g/mol. The molecule has 2 saturated carbocycles. The highest BCUT2D eigenvalue weighted by molar-refractivity contribution is 6.36. The van der Waals surface area contributed by atoms with E-state index in [0.717, 1.165) is 53.3 Å². The quantitative estimate of drug-likeness (QED) is 0.138. The molecule has 5 atom stereocenters. The maximum atomic E-state index is 14.6. The zero-order valence-electron chi connectivity index (χ0n) is 31.0. The second-order valence-electron chi connectivity index (χ2n) is 15.2. The zero-order chi connectivity index (χ0) is 39.3. The molecule has 3 heterocycles. The van der Waals surface area contributed by atoms with Crippen molar-refractivity contribution in [2.75, 3.05) is 20.8 Å². The molecular weight excluding hydrogens is 749 g/mol. The van der Waals surface area contributed by atoms with E-state index in [1.165, 1.54) is 7.11 Å². The maximum Gasteiger partial charge on any atom is 0.421 e. The normalized spacial score (nSPS) is 22.9. The number of carbonyl (C=O) groups is 2. The fourth-order valence-electron chi connectivity index (χ4n) is 8.79. The average molecular weight is 791 g/mol. The summed E-state index contributed by atoms with van der Waals surface area (Å²) in [5.74, 6) is -0.241. The summed E-state index contributed by atoms with van der Waals surface area (Å²) in [6.45, 7) is 1.26. The van der Waals surface area contributed by atoms with Gasteiger partial charge in [-0.15, -0.1) is 0 Å². The molecule has 2 aromatic heterocycles. The van der Waals surface area contributed by atoms with E-state index in [-0.39, 0.29) is 29.9 Å². The van der Waals surface area contributed by atoms with Crippen molar-refractivity contribution >= 4 is 23.4 Å². The van der Waals surface area contributed by atoms with Crippen molar-refractivity contribution in [3.05, 3.63) is 87.4 Å². The minimum absolute atomic E-state index is 0.0259. The fourth-order valence-corrected chi connectivity index (χ4v) is 9.11. The number of Topliss-reactive ketones (excluding diaryl/α,β-unsaturated/α-hetero) is 1. The molecule has 1 aliphatic heterocycles. The van der Waals surface area contributed by atoms with E-state index in [1.807, 2.05) is 48.5 Å². The van der Waals surface area contributed by atoms with Gasteiger partial charge in [-0.1, -0.05) is 54.1 Å². The van der Waals surface area contributed by atoms with Gasteiger partial charge in [0.2, 0.25) is 17.6 Å². The van der Waals surface area contributed by atoms with Crippen LogP contribution in [0.5, 0.6) is 17.6 Å². The standard InChI is InChI=1S/C42H42ClF3N4O6/c1-54-38-23(20-47-19-22-9-11-26(51)15-22)10-13-33(48-38)31-8-4-7-30(37(31)43)27-5-3-6-29-28(27)12-14-36(29)56-40-32(42(44,45)46)16-25(39(49-40)55-2)21-50-34-17-24(34)18-35(50)41(52)53/h3-8,10,13,16,22,24,34-36,47H,9,11-12,14-15,17-21H2,1-2H3,(H,52,53)/t22-,24+,34+,35+,36+/m1/s1. The number of hydrogen-bond donors (Lipinski definition) is 2. The van der Waals surface area contributed by atoms with E-state index >= 15 is 0 Å². The molecule has 8 rings (SSSR count). The lowest BCUT2D eigenvalue weighted by molar-refractivity contribution is -0.143. The van der Waals surface area contributed by atoms with Gasteiger partial charge in [0.15, 0.2) is 0 Å². The predicted molar refractivity (Wildman–Crippen MR) is 202 cm³/mol. The first-order valence-corrected chi connectivity index (χ1v) is 19.3. The number of alkyl halides is 3. The van der Waals surface area contributed by atoms with Gasteiger partial charge >= 0.3 is 12.1 Å². The number of likely N-dealkylation sites (tertiary alicyclic amines) is 1. The van der Waals surface area contributed by atoms with E-state index in [2.05, 4.69) is 10.3 Å². The number of aliphatic carboxylic acids is 1. The number of aromatic nitrogens is 2.